The second-order valence-electron chi connectivity index (χ2n) is 2.61. The van der Waals surface area contributed by atoms with E-state index >= 15 is 0 Å². The minimum atomic E-state index is -0.181. The molecule has 0 aliphatic rings. The molecule has 0 amide bonds. The SMILES string of the molecule is CCCCC(COC)N(N)[O-]. The van der Waals surface area contributed by atoms with Crippen molar-refractivity contribution in [1.29, 1.82) is 0 Å². The molecular weight excluding hydrogens is 144 g/mol. The highest BCUT2D eigenvalue weighted by Gasteiger charge is 2.06. The Morgan fingerprint density at radius 1 is 1.64 bits per heavy atom. The number of ether oxygens (including phenoxy) is 1. The van der Waals surface area contributed by atoms with Gasteiger partial charge in [0.15, 0.2) is 0 Å². The molecule has 4 nitrogen and oxygen atoms in total. The van der Waals surface area contributed by atoms with Crippen LogP contribution in [0.4, 0.5) is 0 Å². The van der Waals surface area contributed by atoms with E-state index in [1.54, 1.807) is 7.11 Å². The van der Waals surface area contributed by atoms with Crippen LogP contribution in [0.5, 0.6) is 0 Å². The molecule has 0 saturated heterocycles. The molecule has 0 fully saturated rings. The van der Waals surface area contributed by atoms with E-state index in [1.165, 1.54) is 0 Å². The predicted molar refractivity (Wildman–Crippen MR) is 44.6 cm³/mol. The third kappa shape index (κ3) is 5.15. The van der Waals surface area contributed by atoms with E-state index in [0.29, 0.717) is 11.8 Å². The summed E-state index contributed by atoms with van der Waals surface area (Å²) in [5.41, 5.74) is 0. The van der Waals surface area contributed by atoms with Gasteiger partial charge in [0.25, 0.3) is 0 Å². The Balaban J connectivity index is 3.51. The largest absolute Gasteiger partial charge is 0.772 e. The fraction of sp³-hybridized carbons (Fsp3) is 1.00. The van der Waals surface area contributed by atoms with Crippen molar-refractivity contribution in [1.82, 2.24) is 5.17 Å². The highest BCUT2D eigenvalue weighted by molar-refractivity contribution is 4.66. The van der Waals surface area contributed by atoms with Crippen molar-refractivity contribution in [3.05, 3.63) is 5.21 Å². The molecule has 0 rings (SSSR count). The summed E-state index contributed by atoms with van der Waals surface area (Å²) in [6, 6.07) is -0.181. The first-order valence-electron chi connectivity index (χ1n) is 3.92. The van der Waals surface area contributed by atoms with Crippen molar-refractivity contribution < 1.29 is 4.74 Å². The van der Waals surface area contributed by atoms with Gasteiger partial charge in [-0.2, -0.15) is 0 Å². The zero-order chi connectivity index (χ0) is 8.69. The standard InChI is InChI=1S/C7H17N2O2/c1-3-4-5-7(6-11-2)9(8)10/h7H,3-6,8H2,1-2H3/q-1. The lowest BCUT2D eigenvalue weighted by Gasteiger charge is -2.31. The Hall–Kier alpha value is -0.160. The van der Waals surface area contributed by atoms with Crippen molar-refractivity contribution in [2.24, 2.45) is 5.84 Å². The molecule has 0 bridgehead atoms. The van der Waals surface area contributed by atoms with Gasteiger partial charge in [-0.05, 0) is 6.42 Å². The summed E-state index contributed by atoms with van der Waals surface area (Å²) >= 11 is 0. The van der Waals surface area contributed by atoms with Gasteiger partial charge in [-0.3, -0.25) is 5.84 Å². The molecule has 0 aliphatic heterocycles. The molecule has 11 heavy (non-hydrogen) atoms. The Labute approximate surface area is 67.9 Å². The van der Waals surface area contributed by atoms with Crippen LogP contribution in [0.2, 0.25) is 0 Å². The van der Waals surface area contributed by atoms with E-state index in [9.17, 15) is 5.21 Å². The lowest BCUT2D eigenvalue weighted by molar-refractivity contribution is 0.112. The van der Waals surface area contributed by atoms with E-state index in [-0.39, 0.29) is 6.04 Å². The number of nitrogens with two attached hydrogens (primary N) is 1. The molecule has 0 aromatic rings. The summed E-state index contributed by atoms with van der Waals surface area (Å²) in [5, 5.41) is 11.1. The summed E-state index contributed by atoms with van der Waals surface area (Å²) in [6.07, 6.45) is 2.91. The van der Waals surface area contributed by atoms with Crippen LogP contribution in [0, 0.1) is 5.21 Å². The molecule has 0 heterocycles. The number of methoxy groups -OCH3 is 1. The van der Waals surface area contributed by atoms with Crippen LogP contribution in [0.25, 0.3) is 0 Å². The van der Waals surface area contributed by atoms with Crippen LogP contribution in [-0.4, -0.2) is 24.9 Å². The molecule has 0 radical (unpaired) electrons. The zero-order valence-corrected chi connectivity index (χ0v) is 7.25. The van der Waals surface area contributed by atoms with Crippen molar-refractivity contribution in [2.75, 3.05) is 13.7 Å². The second-order valence-corrected chi connectivity index (χ2v) is 2.61. The van der Waals surface area contributed by atoms with Crippen LogP contribution >= 0.6 is 0 Å². The first kappa shape index (κ1) is 10.8. The highest BCUT2D eigenvalue weighted by Crippen LogP contribution is 2.04. The lowest BCUT2D eigenvalue weighted by atomic mass is 10.1. The van der Waals surface area contributed by atoms with Crippen molar-refractivity contribution in [3.8, 4) is 0 Å². The summed E-state index contributed by atoms with van der Waals surface area (Å²) in [4.78, 5) is 0. The van der Waals surface area contributed by atoms with Gasteiger partial charge in [-0.25, -0.2) is 0 Å². The second kappa shape index (κ2) is 6.54. The molecule has 1 atom stereocenters. The number of nitrogens with zero attached hydrogens (tertiary/aromatic N) is 1. The van der Waals surface area contributed by atoms with Gasteiger partial charge in [-0.15, -0.1) is 0 Å². The molecule has 1 unspecified atom stereocenters. The van der Waals surface area contributed by atoms with E-state index in [2.05, 4.69) is 6.92 Å². The molecule has 68 valence electrons. The zero-order valence-electron chi connectivity index (χ0n) is 7.25. The first-order chi connectivity index (χ1) is 5.22. The van der Waals surface area contributed by atoms with Crippen LogP contribution in [0.3, 0.4) is 0 Å². The van der Waals surface area contributed by atoms with Gasteiger partial charge in [0.05, 0.1) is 6.61 Å². The number of hydroxylamine groups is 1. The number of rotatable bonds is 6. The average Bonchev–Trinajstić information content (AvgIpc) is 1.97. The third-order valence-electron chi connectivity index (χ3n) is 1.61. The fourth-order valence-electron chi connectivity index (χ4n) is 0.916. The highest BCUT2D eigenvalue weighted by atomic mass is 16.5. The van der Waals surface area contributed by atoms with Crippen LogP contribution in [0.15, 0.2) is 0 Å². The predicted octanol–water partition coefficient (Wildman–Crippen LogP) is 0.865. The number of hydrogen-bond acceptors (Lipinski definition) is 4. The Morgan fingerprint density at radius 3 is 2.64 bits per heavy atom. The van der Waals surface area contributed by atoms with Gasteiger partial charge in [0.2, 0.25) is 0 Å². The van der Waals surface area contributed by atoms with Gasteiger partial charge in [-0.1, -0.05) is 19.8 Å². The van der Waals surface area contributed by atoms with E-state index in [4.69, 9.17) is 10.6 Å². The van der Waals surface area contributed by atoms with Gasteiger partial charge >= 0.3 is 0 Å². The average molecular weight is 161 g/mol. The molecule has 0 spiro atoms. The number of unbranched alkanes of at least 4 members (excludes halogenated alkanes) is 1. The van der Waals surface area contributed by atoms with E-state index in [0.717, 1.165) is 19.3 Å². The Morgan fingerprint density at radius 2 is 2.27 bits per heavy atom. The summed E-state index contributed by atoms with van der Waals surface area (Å²) in [7, 11) is 1.57. The Bertz CT molecular complexity index is 88.5. The van der Waals surface area contributed by atoms with Crippen molar-refractivity contribution in [3.63, 3.8) is 0 Å². The van der Waals surface area contributed by atoms with Gasteiger partial charge < -0.3 is 15.1 Å². The minimum absolute atomic E-state index is 0.181. The van der Waals surface area contributed by atoms with Crippen LogP contribution in [-0.2, 0) is 4.74 Å². The van der Waals surface area contributed by atoms with Crippen LogP contribution < -0.4 is 5.84 Å². The summed E-state index contributed by atoms with van der Waals surface area (Å²) in [6.45, 7) is 2.50. The van der Waals surface area contributed by atoms with Crippen molar-refractivity contribution >= 4 is 0 Å². The minimum Gasteiger partial charge on any atom is -0.772 e. The molecule has 4 heteroatoms. The topological polar surface area (TPSA) is 61.5 Å². The maximum atomic E-state index is 10.7. The quantitative estimate of drug-likeness (QED) is 0.463. The monoisotopic (exact) mass is 161 g/mol. The Kier molecular flexibility index (Phi) is 6.45. The summed E-state index contributed by atoms with van der Waals surface area (Å²) in [5.74, 6) is 5.06. The van der Waals surface area contributed by atoms with Gasteiger partial charge in [0, 0.05) is 13.2 Å². The normalized spacial score (nSPS) is 13.9. The molecule has 0 aromatic carbocycles. The number of hydrazine groups is 1. The van der Waals surface area contributed by atoms with E-state index < -0.39 is 0 Å². The first-order valence-corrected chi connectivity index (χ1v) is 3.92. The molecular formula is C7H17N2O2-. The molecule has 2 N–H and O–H groups in total. The fourth-order valence-corrected chi connectivity index (χ4v) is 0.916. The van der Waals surface area contributed by atoms with E-state index in [1.807, 2.05) is 0 Å². The smallest absolute Gasteiger partial charge is 0.0621 e. The molecule has 0 saturated carbocycles. The van der Waals surface area contributed by atoms with Crippen LogP contribution in [0.1, 0.15) is 26.2 Å². The number of hydrogen-bond donors (Lipinski definition) is 1. The maximum absolute atomic E-state index is 10.7. The molecule has 0 aliphatic carbocycles. The maximum Gasteiger partial charge on any atom is 0.0621 e. The molecule has 0 aromatic heterocycles. The van der Waals surface area contributed by atoms with Crippen molar-refractivity contribution in [2.45, 2.75) is 32.2 Å². The van der Waals surface area contributed by atoms with Gasteiger partial charge in [0.1, 0.15) is 0 Å². The third-order valence-corrected chi connectivity index (χ3v) is 1.61. The summed E-state index contributed by atoms with van der Waals surface area (Å²) < 4.78 is 4.84. The lowest BCUT2D eigenvalue weighted by Crippen LogP contribution is -2.38.